The molecular formula is C17H25ClN2O3. The van der Waals surface area contributed by atoms with E-state index in [0.717, 1.165) is 31.7 Å². The molecule has 0 radical (unpaired) electrons. The highest BCUT2D eigenvalue weighted by molar-refractivity contribution is 5.98. The molecule has 0 bridgehead atoms. The van der Waals surface area contributed by atoms with Crippen molar-refractivity contribution in [3.63, 3.8) is 0 Å². The van der Waals surface area contributed by atoms with Crippen LogP contribution in [0.15, 0.2) is 24.3 Å². The van der Waals surface area contributed by atoms with Crippen molar-refractivity contribution in [3.8, 4) is 5.75 Å². The molecule has 128 valence electrons. The Morgan fingerprint density at radius 1 is 1.26 bits per heavy atom. The molecule has 1 aromatic rings. The van der Waals surface area contributed by atoms with Crippen LogP contribution in [0.1, 0.15) is 36.0 Å². The summed E-state index contributed by atoms with van der Waals surface area (Å²) in [5.41, 5.74) is 0.627. The first-order chi connectivity index (χ1) is 10.7. The van der Waals surface area contributed by atoms with Gasteiger partial charge in [0.05, 0.1) is 7.11 Å². The average Bonchev–Trinajstić information content (AvgIpc) is 3.01. The van der Waals surface area contributed by atoms with Crippen LogP contribution in [0.4, 0.5) is 0 Å². The third-order valence-electron chi connectivity index (χ3n) is 4.12. The van der Waals surface area contributed by atoms with Crippen LogP contribution in [-0.2, 0) is 4.79 Å². The molecule has 5 nitrogen and oxygen atoms in total. The van der Waals surface area contributed by atoms with Gasteiger partial charge in [-0.15, -0.1) is 12.4 Å². The van der Waals surface area contributed by atoms with E-state index >= 15 is 0 Å². The van der Waals surface area contributed by atoms with Crippen molar-refractivity contribution in [2.75, 3.05) is 27.2 Å². The molecule has 1 heterocycles. The Labute approximate surface area is 143 Å². The van der Waals surface area contributed by atoms with E-state index in [-0.39, 0.29) is 43.0 Å². The zero-order chi connectivity index (χ0) is 15.9. The molecule has 23 heavy (non-hydrogen) atoms. The number of benzene rings is 1. The number of hydrogen-bond acceptors (Lipinski definition) is 4. The van der Waals surface area contributed by atoms with E-state index in [0.29, 0.717) is 5.56 Å². The van der Waals surface area contributed by atoms with E-state index in [4.69, 9.17) is 4.74 Å². The van der Waals surface area contributed by atoms with Crippen LogP contribution in [0.5, 0.6) is 5.75 Å². The molecule has 2 rings (SSSR count). The number of amides is 1. The molecule has 6 heteroatoms. The van der Waals surface area contributed by atoms with E-state index in [9.17, 15) is 9.59 Å². The van der Waals surface area contributed by atoms with Gasteiger partial charge in [-0.3, -0.25) is 9.59 Å². The quantitative estimate of drug-likeness (QED) is 0.774. The van der Waals surface area contributed by atoms with Crippen LogP contribution in [0.25, 0.3) is 0 Å². The molecular weight excluding hydrogens is 316 g/mol. The largest absolute Gasteiger partial charge is 0.497 e. The van der Waals surface area contributed by atoms with Crippen molar-refractivity contribution in [2.24, 2.45) is 0 Å². The normalized spacial score (nSPS) is 16.8. The second kappa shape index (κ2) is 9.53. The molecule has 1 aromatic carbocycles. The van der Waals surface area contributed by atoms with Gasteiger partial charge in [-0.2, -0.15) is 0 Å². The summed E-state index contributed by atoms with van der Waals surface area (Å²) in [7, 11) is 3.49. The minimum atomic E-state index is 0. The van der Waals surface area contributed by atoms with Crippen LogP contribution < -0.4 is 10.1 Å². The lowest BCUT2D eigenvalue weighted by molar-refractivity contribution is -0.131. The number of hydrogen-bond donors (Lipinski definition) is 1. The summed E-state index contributed by atoms with van der Waals surface area (Å²) in [6.45, 7) is 1.63. The van der Waals surface area contributed by atoms with Crippen LogP contribution in [0.3, 0.4) is 0 Å². The van der Waals surface area contributed by atoms with Crippen LogP contribution in [0, 0.1) is 0 Å². The van der Waals surface area contributed by atoms with Crippen molar-refractivity contribution in [3.05, 3.63) is 29.8 Å². The average molecular weight is 341 g/mol. The number of ketones is 1. The topological polar surface area (TPSA) is 58.6 Å². The minimum absolute atomic E-state index is 0. The fourth-order valence-corrected chi connectivity index (χ4v) is 2.90. The van der Waals surface area contributed by atoms with Gasteiger partial charge < -0.3 is 15.0 Å². The number of Topliss-reactive ketones (excluding diaryl/α,β-unsaturated/α-hetero) is 1. The zero-order valence-corrected chi connectivity index (χ0v) is 14.5. The smallest absolute Gasteiger partial charge is 0.223 e. The predicted octanol–water partition coefficient (Wildman–Crippen LogP) is 2.29. The summed E-state index contributed by atoms with van der Waals surface area (Å²) >= 11 is 0. The van der Waals surface area contributed by atoms with Gasteiger partial charge >= 0.3 is 0 Å². The van der Waals surface area contributed by atoms with E-state index in [2.05, 4.69) is 5.32 Å². The van der Waals surface area contributed by atoms with Gasteiger partial charge in [-0.1, -0.05) is 0 Å². The highest BCUT2D eigenvalue weighted by Crippen LogP contribution is 2.19. The summed E-state index contributed by atoms with van der Waals surface area (Å²) in [5, 5.41) is 3.12. The van der Waals surface area contributed by atoms with Crippen molar-refractivity contribution >= 4 is 24.1 Å². The first kappa shape index (κ1) is 19.5. The predicted molar refractivity (Wildman–Crippen MR) is 92.5 cm³/mol. The minimum Gasteiger partial charge on any atom is -0.497 e. The number of methoxy groups -OCH3 is 1. The molecule has 1 saturated heterocycles. The maximum absolute atomic E-state index is 12.3. The maximum Gasteiger partial charge on any atom is 0.223 e. The molecule has 1 amide bonds. The number of carbonyl (C=O) groups is 2. The number of nitrogens with zero attached hydrogens (tertiary/aromatic N) is 1. The molecule has 1 unspecified atom stereocenters. The van der Waals surface area contributed by atoms with Gasteiger partial charge in [0.15, 0.2) is 5.78 Å². The van der Waals surface area contributed by atoms with E-state index in [1.165, 1.54) is 0 Å². The van der Waals surface area contributed by atoms with Crippen LogP contribution in [-0.4, -0.2) is 49.9 Å². The number of nitrogens with one attached hydrogen (secondary N) is 1. The molecule has 0 spiro atoms. The lowest BCUT2D eigenvalue weighted by Gasteiger charge is -2.24. The Kier molecular flexibility index (Phi) is 8.06. The third-order valence-corrected chi connectivity index (χ3v) is 4.12. The molecule has 0 saturated carbocycles. The summed E-state index contributed by atoms with van der Waals surface area (Å²) in [5.74, 6) is 0.805. The monoisotopic (exact) mass is 340 g/mol. The third kappa shape index (κ3) is 5.22. The zero-order valence-electron chi connectivity index (χ0n) is 13.7. The van der Waals surface area contributed by atoms with Gasteiger partial charge in [0.1, 0.15) is 5.75 Å². The molecule has 0 aliphatic carbocycles. The number of likely N-dealkylation sites (tertiary alicyclic amines) is 1. The first-order valence-electron chi connectivity index (χ1n) is 7.77. The Bertz CT molecular complexity index is 519. The van der Waals surface area contributed by atoms with E-state index in [1.54, 1.807) is 31.4 Å². The van der Waals surface area contributed by atoms with Crippen LogP contribution in [0.2, 0.25) is 0 Å². The molecule has 1 aliphatic rings. The first-order valence-corrected chi connectivity index (χ1v) is 7.77. The van der Waals surface area contributed by atoms with Gasteiger partial charge in [0.2, 0.25) is 5.91 Å². The molecule has 0 aromatic heterocycles. The fraction of sp³-hybridized carbons (Fsp3) is 0.529. The van der Waals surface area contributed by atoms with Gasteiger partial charge in [-0.05, 0) is 44.2 Å². The number of rotatable bonds is 7. The SMILES string of the molecule is CNCC1CCCN1C(=O)CCC(=O)c1ccc(OC)cc1.Cl. The van der Waals surface area contributed by atoms with Gasteiger partial charge in [0.25, 0.3) is 0 Å². The van der Waals surface area contributed by atoms with Gasteiger partial charge in [-0.25, -0.2) is 0 Å². The number of ether oxygens (including phenoxy) is 1. The number of halogens is 1. The van der Waals surface area contributed by atoms with E-state index in [1.807, 2.05) is 11.9 Å². The summed E-state index contributed by atoms with van der Waals surface area (Å²) in [4.78, 5) is 26.4. The summed E-state index contributed by atoms with van der Waals surface area (Å²) < 4.78 is 5.07. The number of likely N-dealkylation sites (N-methyl/N-ethyl adjacent to an activating group) is 1. The maximum atomic E-state index is 12.3. The second-order valence-electron chi connectivity index (χ2n) is 5.59. The number of carbonyl (C=O) groups excluding carboxylic acids is 2. The second-order valence-corrected chi connectivity index (χ2v) is 5.59. The Hall–Kier alpha value is -1.59. The van der Waals surface area contributed by atoms with Crippen LogP contribution >= 0.6 is 12.4 Å². The highest BCUT2D eigenvalue weighted by atomic mass is 35.5. The Balaban J connectivity index is 0.00000264. The van der Waals surface area contributed by atoms with E-state index < -0.39 is 0 Å². The van der Waals surface area contributed by atoms with Crippen molar-refractivity contribution in [1.82, 2.24) is 10.2 Å². The molecule has 1 atom stereocenters. The van der Waals surface area contributed by atoms with Gasteiger partial charge in [0, 0.05) is 37.5 Å². The highest BCUT2D eigenvalue weighted by Gasteiger charge is 2.27. The molecule has 1 N–H and O–H groups in total. The molecule has 1 aliphatic heterocycles. The van der Waals surface area contributed by atoms with Crippen molar-refractivity contribution < 1.29 is 14.3 Å². The molecule has 1 fully saturated rings. The Morgan fingerprint density at radius 2 is 1.96 bits per heavy atom. The lowest BCUT2D eigenvalue weighted by atomic mass is 10.1. The summed E-state index contributed by atoms with van der Waals surface area (Å²) in [6, 6.07) is 7.28. The fourth-order valence-electron chi connectivity index (χ4n) is 2.90. The van der Waals surface area contributed by atoms with Crippen molar-refractivity contribution in [1.29, 1.82) is 0 Å². The summed E-state index contributed by atoms with van der Waals surface area (Å²) in [6.07, 6.45) is 2.63. The standard InChI is InChI=1S/C17H24N2O3.ClH/c1-18-12-14-4-3-11-19(14)17(21)10-9-16(20)13-5-7-15(22-2)8-6-13;/h5-8,14,18H,3-4,9-12H2,1-2H3;1H. The van der Waals surface area contributed by atoms with Crippen molar-refractivity contribution in [2.45, 2.75) is 31.7 Å². The lowest BCUT2D eigenvalue weighted by Crippen LogP contribution is -2.40. The Morgan fingerprint density at radius 3 is 2.57 bits per heavy atom.